The molecule has 0 aliphatic rings. The van der Waals surface area contributed by atoms with Gasteiger partial charge in [0.25, 0.3) is 0 Å². The summed E-state index contributed by atoms with van der Waals surface area (Å²) < 4.78 is 15.3. The van der Waals surface area contributed by atoms with Gasteiger partial charge in [-0.3, -0.25) is 9.59 Å². The number of hydrogen-bond acceptors (Lipinski definition) is 16. The molecule has 4 heterocycles. The van der Waals surface area contributed by atoms with Crippen molar-refractivity contribution in [3.63, 3.8) is 0 Å². The predicted molar refractivity (Wildman–Crippen MR) is 321 cm³/mol. The van der Waals surface area contributed by atoms with Crippen molar-refractivity contribution in [1.29, 1.82) is 10.5 Å². The van der Waals surface area contributed by atoms with Crippen LogP contribution in [-0.4, -0.2) is 133 Å². The summed E-state index contributed by atoms with van der Waals surface area (Å²) in [5.74, 6) is 1.16. The quantitative estimate of drug-likeness (QED) is 0.0522. The number of aromatic nitrogens is 6. The highest BCUT2D eigenvalue weighted by Gasteiger charge is 2.20. The zero-order chi connectivity index (χ0) is 57.9. The first-order valence-corrected chi connectivity index (χ1v) is 25.5. The van der Waals surface area contributed by atoms with Gasteiger partial charge < -0.3 is 59.5 Å². The van der Waals surface area contributed by atoms with Crippen LogP contribution in [0.2, 0.25) is 0 Å². The number of ether oxygens (including phenoxy) is 2. The topological polar surface area (TPSA) is 223 Å². The molecule has 8 aromatic rings. The number of anilines is 8. The normalized spacial score (nSPS) is 10.8. The lowest BCUT2D eigenvalue weighted by atomic mass is 10.0. The molecule has 0 saturated heterocycles. The van der Waals surface area contributed by atoms with E-state index in [0.717, 1.165) is 81.6 Å². The molecule has 2 amide bonds. The van der Waals surface area contributed by atoms with E-state index in [4.69, 9.17) is 19.4 Å². The molecular weight excluding hydrogens is 1010 g/mol. The maximum absolute atomic E-state index is 12.3. The molecule has 0 radical (unpaired) electrons. The van der Waals surface area contributed by atoms with Gasteiger partial charge in [0.1, 0.15) is 23.6 Å². The Hall–Kier alpha value is -9.76. The molecule has 0 bridgehead atoms. The van der Waals surface area contributed by atoms with E-state index in [-0.39, 0.29) is 11.8 Å². The third-order valence-corrected chi connectivity index (χ3v) is 13.3. The summed E-state index contributed by atoms with van der Waals surface area (Å²) in [6.45, 7) is 14.3. The molecule has 412 valence electrons. The van der Waals surface area contributed by atoms with Crippen molar-refractivity contribution in [2.75, 3.05) is 114 Å². The molecule has 0 spiro atoms. The van der Waals surface area contributed by atoms with Crippen molar-refractivity contribution >= 4 is 79.6 Å². The van der Waals surface area contributed by atoms with E-state index in [9.17, 15) is 20.1 Å². The van der Waals surface area contributed by atoms with E-state index >= 15 is 0 Å². The van der Waals surface area contributed by atoms with Gasteiger partial charge in [-0.15, -0.1) is 0 Å². The molecule has 0 atom stereocenters. The lowest BCUT2D eigenvalue weighted by molar-refractivity contribution is -0.112. The fourth-order valence-corrected chi connectivity index (χ4v) is 9.16. The summed E-state index contributed by atoms with van der Waals surface area (Å²) in [7, 11) is 19.0. The van der Waals surface area contributed by atoms with Crippen LogP contribution in [0, 0.1) is 36.5 Å². The van der Waals surface area contributed by atoms with Crippen LogP contribution < -0.4 is 40.5 Å². The summed E-state index contributed by atoms with van der Waals surface area (Å²) in [5, 5.41) is 33.9. The second-order valence-corrected chi connectivity index (χ2v) is 19.7. The zero-order valence-electron chi connectivity index (χ0n) is 47.5. The van der Waals surface area contributed by atoms with Crippen LogP contribution in [0.15, 0.2) is 111 Å². The molecule has 80 heavy (non-hydrogen) atoms. The number of nitrogens with zero attached hydrogens (tertiary/aromatic N) is 12. The molecule has 8 rings (SSSR count). The first-order chi connectivity index (χ1) is 38.3. The van der Waals surface area contributed by atoms with Crippen molar-refractivity contribution < 1.29 is 19.1 Å². The monoisotopic (exact) mass is 1080 g/mol. The van der Waals surface area contributed by atoms with Crippen molar-refractivity contribution in [1.82, 2.24) is 38.9 Å². The molecule has 0 aliphatic heterocycles. The second-order valence-electron chi connectivity index (χ2n) is 19.7. The summed E-state index contributed by atoms with van der Waals surface area (Å²) in [5.41, 5.74) is 12.0. The Bertz CT molecular complexity index is 3470. The lowest BCUT2D eigenvalue weighted by Gasteiger charge is -2.26. The first-order valence-electron chi connectivity index (χ1n) is 25.5. The zero-order valence-corrected chi connectivity index (χ0v) is 47.5. The van der Waals surface area contributed by atoms with Crippen LogP contribution in [0.4, 0.5) is 46.0 Å². The fourth-order valence-electron chi connectivity index (χ4n) is 9.16. The number of rotatable bonds is 20. The van der Waals surface area contributed by atoms with Crippen molar-refractivity contribution in [3.05, 3.63) is 133 Å². The largest absolute Gasteiger partial charge is 0.494 e. The van der Waals surface area contributed by atoms with Crippen LogP contribution in [0.3, 0.4) is 0 Å². The Morgan fingerprint density at radius 1 is 0.600 bits per heavy atom. The van der Waals surface area contributed by atoms with Gasteiger partial charge in [0, 0.05) is 113 Å². The molecular formula is C60H68N16O4. The van der Waals surface area contributed by atoms with Gasteiger partial charge in [-0.25, -0.2) is 19.9 Å². The van der Waals surface area contributed by atoms with Gasteiger partial charge >= 0.3 is 0 Å². The third kappa shape index (κ3) is 13.3. The number of methoxy groups -OCH3 is 2. The number of nitriles is 2. The summed E-state index contributed by atoms with van der Waals surface area (Å²) in [4.78, 5) is 51.1. The van der Waals surface area contributed by atoms with Gasteiger partial charge in [-0.1, -0.05) is 13.2 Å². The van der Waals surface area contributed by atoms with Crippen LogP contribution in [-0.2, 0) is 23.7 Å². The number of hydrogen-bond donors (Lipinski definition) is 4. The predicted octanol–water partition coefficient (Wildman–Crippen LogP) is 9.38. The number of amides is 2. The van der Waals surface area contributed by atoms with E-state index < -0.39 is 0 Å². The Kier molecular flexibility index (Phi) is 18.5. The molecule has 0 fully saturated rings. The number of fused-ring (bicyclic) bond motifs is 2. The Labute approximate surface area is 467 Å². The molecule has 4 aromatic heterocycles. The van der Waals surface area contributed by atoms with Gasteiger partial charge in [0.05, 0.1) is 81.9 Å². The number of benzene rings is 4. The van der Waals surface area contributed by atoms with Crippen LogP contribution >= 0.6 is 0 Å². The highest BCUT2D eigenvalue weighted by Crippen LogP contribution is 2.40. The highest BCUT2D eigenvalue weighted by atomic mass is 16.5. The number of likely N-dealkylation sites (N-methyl/N-ethyl adjacent to an activating group) is 4. The smallest absolute Gasteiger partial charge is 0.247 e. The third-order valence-electron chi connectivity index (χ3n) is 13.3. The van der Waals surface area contributed by atoms with Crippen LogP contribution in [0.5, 0.6) is 11.5 Å². The van der Waals surface area contributed by atoms with Gasteiger partial charge in [0.15, 0.2) is 0 Å². The minimum absolute atomic E-state index is 0.323. The molecule has 0 saturated carbocycles. The van der Waals surface area contributed by atoms with E-state index in [0.29, 0.717) is 68.7 Å². The van der Waals surface area contributed by atoms with Crippen LogP contribution in [0.25, 0.3) is 44.3 Å². The summed E-state index contributed by atoms with van der Waals surface area (Å²) >= 11 is 0. The standard InChI is InChI=1S/2C30H34N8O2/c2*1-8-28(39)33-24-15-25(27(40-7)16-26(24)37(5)12-11-36(3)4)35-30-32-10-9-23(34-30)20-13-21(17-31)29-22(14-20)19(2)18-38(29)6/h2*8-10,13-16,18H,1,11-12H2,2-7H3,(H,33,39)(H,32,34,35). The number of aryl methyl sites for hydroxylation is 4. The molecule has 4 aromatic carbocycles. The minimum atomic E-state index is -0.323. The Balaban J connectivity index is 0.000000231. The Morgan fingerprint density at radius 2 is 0.988 bits per heavy atom. The van der Waals surface area contributed by atoms with E-state index in [1.54, 1.807) is 38.7 Å². The fraction of sp³-hybridized carbons (Fsp3) is 0.267. The van der Waals surface area contributed by atoms with E-state index in [2.05, 4.69) is 76.1 Å². The maximum Gasteiger partial charge on any atom is 0.247 e. The molecule has 0 unspecified atom stereocenters. The van der Waals surface area contributed by atoms with Gasteiger partial charge in [-0.2, -0.15) is 10.5 Å². The van der Waals surface area contributed by atoms with Gasteiger partial charge in [0.2, 0.25) is 23.7 Å². The van der Waals surface area contributed by atoms with Crippen molar-refractivity contribution in [2.24, 2.45) is 14.1 Å². The van der Waals surface area contributed by atoms with E-state index in [1.807, 2.05) is 140 Å². The Morgan fingerprint density at radius 3 is 1.32 bits per heavy atom. The number of carbonyl (C=O) groups is 2. The van der Waals surface area contributed by atoms with Gasteiger partial charge in [-0.05, 0) is 114 Å². The average molecular weight is 1080 g/mol. The SMILES string of the molecule is C=CC(=O)Nc1cc(Nc2nccc(-c3cc(C#N)c4c(c3)c(C)cn4C)n2)c(OC)cc1N(C)CCN(C)C.C=CC(=O)Nc1cc(Nc2nccc(-c3cc(C#N)c4c(c3)c(C)cn4C)n2)c(OC)cc1N(C)CCN(C)C. The van der Waals surface area contributed by atoms with E-state index in [1.165, 1.54) is 12.2 Å². The maximum atomic E-state index is 12.3. The highest BCUT2D eigenvalue weighted by molar-refractivity contribution is 6.03. The molecule has 20 nitrogen and oxygen atoms in total. The number of carbonyl (C=O) groups excluding carboxylic acids is 2. The second kappa shape index (κ2) is 25.6. The molecule has 4 N–H and O–H groups in total. The average Bonchev–Trinajstić information content (AvgIpc) is 3.91. The summed E-state index contributed by atoms with van der Waals surface area (Å²) in [6.07, 6.45) is 9.81. The molecule has 20 heteroatoms. The van der Waals surface area contributed by atoms with Crippen molar-refractivity contribution in [2.45, 2.75) is 13.8 Å². The van der Waals surface area contributed by atoms with Crippen LogP contribution in [0.1, 0.15) is 22.3 Å². The number of nitrogens with one attached hydrogen (secondary N) is 4. The first kappa shape index (κ1) is 57.9. The minimum Gasteiger partial charge on any atom is -0.494 e. The van der Waals surface area contributed by atoms with Crippen molar-refractivity contribution in [3.8, 4) is 46.2 Å². The molecule has 0 aliphatic carbocycles. The lowest BCUT2D eigenvalue weighted by Crippen LogP contribution is -2.29. The summed E-state index contributed by atoms with van der Waals surface area (Å²) in [6, 6.07) is 23.3.